The van der Waals surface area contributed by atoms with Gasteiger partial charge in [-0.25, -0.2) is 13.4 Å². The summed E-state index contributed by atoms with van der Waals surface area (Å²) in [6.07, 6.45) is 1.53. The number of furan rings is 1. The molecule has 2 aromatic heterocycles. The first-order valence-electron chi connectivity index (χ1n) is 10.4. The van der Waals surface area contributed by atoms with Gasteiger partial charge in [0.2, 0.25) is 15.9 Å². The van der Waals surface area contributed by atoms with Crippen molar-refractivity contribution in [2.24, 2.45) is 0 Å². The zero-order chi connectivity index (χ0) is 23.6. The van der Waals surface area contributed by atoms with Crippen LogP contribution in [0.15, 0.2) is 51.3 Å². The highest BCUT2D eigenvalue weighted by atomic mass is 32.2. The fraction of sp³-hybridized carbons (Fsp3) is 0.318. The van der Waals surface area contributed by atoms with E-state index in [2.05, 4.69) is 10.3 Å². The van der Waals surface area contributed by atoms with Gasteiger partial charge in [-0.3, -0.25) is 14.9 Å². The maximum Gasteiger partial charge on any atom is 0.260 e. The largest absolute Gasteiger partial charge is 0.469 e. The number of piperazine rings is 1. The van der Waals surface area contributed by atoms with Gasteiger partial charge >= 0.3 is 0 Å². The zero-order valence-corrected chi connectivity index (χ0v) is 19.9. The average molecular weight is 489 g/mol. The van der Waals surface area contributed by atoms with Crippen molar-refractivity contribution >= 4 is 38.3 Å². The smallest absolute Gasteiger partial charge is 0.260 e. The van der Waals surface area contributed by atoms with Gasteiger partial charge in [-0.1, -0.05) is 17.7 Å². The molecule has 0 saturated carbocycles. The van der Waals surface area contributed by atoms with Crippen LogP contribution in [0, 0.1) is 13.8 Å². The number of aryl methyl sites for hydroxylation is 2. The lowest BCUT2D eigenvalue weighted by atomic mass is 10.2. The van der Waals surface area contributed by atoms with E-state index in [0.29, 0.717) is 35.2 Å². The van der Waals surface area contributed by atoms with Crippen molar-refractivity contribution < 1.29 is 22.4 Å². The van der Waals surface area contributed by atoms with E-state index < -0.39 is 10.0 Å². The summed E-state index contributed by atoms with van der Waals surface area (Å²) >= 11 is 1.24. The lowest BCUT2D eigenvalue weighted by molar-refractivity contribution is -0.131. The van der Waals surface area contributed by atoms with Gasteiger partial charge in [0.05, 0.1) is 28.8 Å². The molecule has 1 aliphatic heterocycles. The molecule has 1 aliphatic rings. The molecule has 1 fully saturated rings. The van der Waals surface area contributed by atoms with Crippen molar-refractivity contribution in [1.29, 1.82) is 0 Å². The molecule has 0 bridgehead atoms. The third-order valence-electron chi connectivity index (χ3n) is 5.46. The standard InChI is InChI=1S/C22H24N4O5S2/c1-15-3-5-18(6-4-15)33(29,30)26-10-8-25(9-11-26)20(27)13-17-14-32-22(23-17)24-21(28)19-7-12-31-16(19)2/h3-7,12,14H,8-11,13H2,1-2H3,(H,23,24,28). The number of carbonyl (C=O) groups is 2. The van der Waals surface area contributed by atoms with Crippen LogP contribution >= 0.6 is 11.3 Å². The molecule has 2 amide bonds. The van der Waals surface area contributed by atoms with Crippen molar-refractivity contribution in [3.05, 3.63) is 64.6 Å². The van der Waals surface area contributed by atoms with Gasteiger partial charge in [-0.15, -0.1) is 11.3 Å². The molecule has 0 unspecified atom stereocenters. The van der Waals surface area contributed by atoms with Crippen molar-refractivity contribution in [1.82, 2.24) is 14.2 Å². The van der Waals surface area contributed by atoms with Crippen molar-refractivity contribution in [3.63, 3.8) is 0 Å². The molecular weight excluding hydrogens is 464 g/mol. The van der Waals surface area contributed by atoms with Crippen LogP contribution in [0.1, 0.15) is 27.4 Å². The van der Waals surface area contributed by atoms with Gasteiger partial charge in [0, 0.05) is 31.6 Å². The van der Waals surface area contributed by atoms with E-state index in [1.165, 1.54) is 21.9 Å². The topological polar surface area (TPSA) is 113 Å². The molecule has 174 valence electrons. The molecule has 1 N–H and O–H groups in total. The summed E-state index contributed by atoms with van der Waals surface area (Å²) in [7, 11) is -3.58. The number of amides is 2. The first-order valence-corrected chi connectivity index (χ1v) is 12.7. The van der Waals surface area contributed by atoms with Crippen LogP contribution in [-0.4, -0.2) is 60.6 Å². The van der Waals surface area contributed by atoms with Crippen LogP contribution in [0.3, 0.4) is 0 Å². The number of sulfonamides is 1. The Kier molecular flexibility index (Phi) is 6.63. The predicted molar refractivity (Wildman–Crippen MR) is 124 cm³/mol. The zero-order valence-electron chi connectivity index (χ0n) is 18.3. The second-order valence-corrected chi connectivity index (χ2v) is 10.6. The minimum Gasteiger partial charge on any atom is -0.469 e. The van der Waals surface area contributed by atoms with Gasteiger partial charge in [0.15, 0.2) is 5.13 Å². The Morgan fingerprint density at radius 1 is 1.09 bits per heavy atom. The third kappa shape index (κ3) is 5.15. The molecule has 0 atom stereocenters. The first kappa shape index (κ1) is 23.1. The molecule has 9 nitrogen and oxygen atoms in total. The Hall–Kier alpha value is -3.02. The Balaban J connectivity index is 1.31. The van der Waals surface area contributed by atoms with Gasteiger partial charge in [0.25, 0.3) is 5.91 Å². The molecule has 0 aliphatic carbocycles. The molecule has 4 rings (SSSR count). The number of hydrogen-bond acceptors (Lipinski definition) is 7. The summed E-state index contributed by atoms with van der Waals surface area (Å²) in [5.74, 6) is 0.0682. The van der Waals surface area contributed by atoms with E-state index in [0.717, 1.165) is 5.56 Å². The van der Waals surface area contributed by atoms with Crippen molar-refractivity contribution in [3.8, 4) is 0 Å². The molecule has 0 radical (unpaired) electrons. The molecule has 3 heterocycles. The van der Waals surface area contributed by atoms with E-state index in [9.17, 15) is 18.0 Å². The van der Waals surface area contributed by atoms with E-state index in [1.54, 1.807) is 47.5 Å². The van der Waals surface area contributed by atoms with E-state index in [-0.39, 0.29) is 36.2 Å². The quantitative estimate of drug-likeness (QED) is 0.571. The fourth-order valence-corrected chi connectivity index (χ4v) is 5.66. The van der Waals surface area contributed by atoms with Crippen LogP contribution < -0.4 is 5.32 Å². The maximum atomic E-state index is 12.8. The summed E-state index contributed by atoms with van der Waals surface area (Å²) in [6.45, 7) is 4.72. The highest BCUT2D eigenvalue weighted by Gasteiger charge is 2.30. The number of rotatable bonds is 6. The lowest BCUT2D eigenvalue weighted by Crippen LogP contribution is -2.50. The molecule has 1 saturated heterocycles. The SMILES string of the molecule is Cc1ccc(S(=O)(=O)N2CCN(C(=O)Cc3csc(NC(=O)c4ccoc4C)n3)CC2)cc1. The number of hydrogen-bond donors (Lipinski definition) is 1. The predicted octanol–water partition coefficient (Wildman–Crippen LogP) is 2.68. The van der Waals surface area contributed by atoms with Gasteiger partial charge in [0.1, 0.15) is 5.76 Å². The number of thiazole rings is 1. The minimum atomic E-state index is -3.58. The van der Waals surface area contributed by atoms with E-state index in [4.69, 9.17) is 4.42 Å². The number of nitrogens with zero attached hydrogens (tertiary/aromatic N) is 3. The Morgan fingerprint density at radius 3 is 2.42 bits per heavy atom. The second kappa shape index (κ2) is 9.46. The van der Waals surface area contributed by atoms with Crippen LogP contribution in [0.25, 0.3) is 0 Å². The Bertz CT molecular complexity index is 1260. The van der Waals surface area contributed by atoms with Crippen molar-refractivity contribution in [2.75, 3.05) is 31.5 Å². The average Bonchev–Trinajstić information content (AvgIpc) is 3.42. The molecule has 33 heavy (non-hydrogen) atoms. The van der Waals surface area contributed by atoms with Crippen LogP contribution in [-0.2, 0) is 21.2 Å². The van der Waals surface area contributed by atoms with Crippen LogP contribution in [0.2, 0.25) is 0 Å². The number of nitrogens with one attached hydrogen (secondary N) is 1. The number of aromatic nitrogens is 1. The van der Waals surface area contributed by atoms with Gasteiger partial charge < -0.3 is 9.32 Å². The minimum absolute atomic E-state index is 0.0851. The summed E-state index contributed by atoms with van der Waals surface area (Å²) in [5, 5.41) is 4.84. The van der Waals surface area contributed by atoms with Crippen LogP contribution in [0.4, 0.5) is 5.13 Å². The lowest BCUT2D eigenvalue weighted by Gasteiger charge is -2.34. The number of benzene rings is 1. The molecule has 3 aromatic rings. The fourth-order valence-electron chi connectivity index (χ4n) is 3.53. The Labute approximate surface area is 196 Å². The molecule has 0 spiro atoms. The summed E-state index contributed by atoms with van der Waals surface area (Å²) in [5.41, 5.74) is 1.98. The normalized spacial score (nSPS) is 14.9. The maximum absolute atomic E-state index is 12.8. The molecule has 1 aromatic carbocycles. The Morgan fingerprint density at radius 2 is 1.79 bits per heavy atom. The second-order valence-electron chi connectivity index (χ2n) is 7.76. The van der Waals surface area contributed by atoms with E-state index >= 15 is 0 Å². The number of anilines is 1. The highest BCUT2D eigenvalue weighted by Crippen LogP contribution is 2.21. The van der Waals surface area contributed by atoms with E-state index in [1.807, 2.05) is 6.92 Å². The summed E-state index contributed by atoms with van der Waals surface area (Å²) < 4.78 is 32.2. The molecule has 11 heteroatoms. The van der Waals surface area contributed by atoms with Crippen molar-refractivity contribution in [2.45, 2.75) is 25.2 Å². The summed E-state index contributed by atoms with van der Waals surface area (Å²) in [6, 6.07) is 8.34. The molecular formula is C22H24N4O5S2. The monoisotopic (exact) mass is 488 g/mol. The third-order valence-corrected chi connectivity index (χ3v) is 8.18. The number of carbonyl (C=O) groups excluding carboxylic acids is 2. The van der Waals surface area contributed by atoms with Crippen LogP contribution in [0.5, 0.6) is 0 Å². The van der Waals surface area contributed by atoms with Gasteiger partial charge in [-0.2, -0.15) is 4.31 Å². The first-order chi connectivity index (χ1) is 15.7. The van der Waals surface area contributed by atoms with Gasteiger partial charge in [-0.05, 0) is 32.0 Å². The summed E-state index contributed by atoms with van der Waals surface area (Å²) in [4.78, 5) is 31.2. The highest BCUT2D eigenvalue weighted by molar-refractivity contribution is 7.89.